The van der Waals surface area contributed by atoms with Crippen LogP contribution in [0, 0.1) is 5.92 Å². The van der Waals surface area contributed by atoms with E-state index in [9.17, 15) is 0 Å². The van der Waals surface area contributed by atoms with E-state index in [2.05, 4.69) is 7.85 Å². The maximum Gasteiger partial charge on any atom is 0.101 e. The second-order valence-electron chi connectivity index (χ2n) is 2.59. The van der Waals surface area contributed by atoms with Gasteiger partial charge in [-0.15, -0.1) is 0 Å². The quantitative estimate of drug-likeness (QED) is 0.453. The van der Waals surface area contributed by atoms with Gasteiger partial charge in [0.05, 0.1) is 0 Å². The topological polar surface area (TPSA) is 0 Å². The molecule has 0 unspecified atom stereocenters. The molecule has 0 atom stereocenters. The van der Waals surface area contributed by atoms with Crippen LogP contribution in [0.25, 0.3) is 0 Å². The lowest BCUT2D eigenvalue weighted by Gasteiger charge is -2.24. The van der Waals surface area contributed by atoms with Gasteiger partial charge in [-0.05, 0) is 5.92 Å². The molecule has 0 nitrogen and oxygen atoms in total. The summed E-state index contributed by atoms with van der Waals surface area (Å²) in [5.41, 5.74) is 0. The highest BCUT2D eigenvalue weighted by atomic mass is 14.2. The van der Waals surface area contributed by atoms with Crippen molar-refractivity contribution in [3.63, 3.8) is 0 Å². The van der Waals surface area contributed by atoms with Crippen molar-refractivity contribution in [2.24, 2.45) is 5.92 Å². The lowest BCUT2D eigenvalue weighted by Crippen LogP contribution is -2.09. The fraction of sp³-hybridized carbons (Fsp3) is 1.00. The molecule has 1 saturated carbocycles. The fourth-order valence-corrected chi connectivity index (χ4v) is 1.19. The van der Waals surface area contributed by atoms with Crippen LogP contribution >= 0.6 is 0 Å². The summed E-state index contributed by atoms with van der Waals surface area (Å²) in [5, 5.41) is 0. The van der Waals surface area contributed by atoms with Crippen molar-refractivity contribution in [3.05, 3.63) is 0 Å². The van der Waals surface area contributed by atoms with Gasteiger partial charge in [0, 0.05) is 0 Å². The van der Waals surface area contributed by atoms with Crippen molar-refractivity contribution in [2.75, 3.05) is 0 Å². The van der Waals surface area contributed by atoms with Gasteiger partial charge in [0.2, 0.25) is 0 Å². The van der Waals surface area contributed by atoms with Crippen molar-refractivity contribution in [1.82, 2.24) is 0 Å². The highest BCUT2D eigenvalue weighted by molar-refractivity contribution is 6.08. The van der Waals surface area contributed by atoms with E-state index in [-0.39, 0.29) is 0 Å². The molecule has 0 aliphatic heterocycles. The standard InChI is InChI=1S/C6H13B/c7-5-4-6-2-1-3-6/h6H,1-5,7H2. The normalized spacial score (nSPS) is 21.7. The van der Waals surface area contributed by atoms with Crippen LogP contribution in [0.2, 0.25) is 6.32 Å². The van der Waals surface area contributed by atoms with E-state index in [1.54, 1.807) is 0 Å². The predicted molar refractivity (Wildman–Crippen MR) is 35.3 cm³/mol. The highest BCUT2D eigenvalue weighted by Crippen LogP contribution is 2.29. The van der Waals surface area contributed by atoms with Crippen LogP contribution in [0.15, 0.2) is 0 Å². The molecule has 0 aromatic rings. The minimum atomic E-state index is 1.13. The molecule has 0 spiro atoms. The average Bonchev–Trinajstić information content (AvgIpc) is 1.55. The zero-order chi connectivity index (χ0) is 5.11. The Kier molecular flexibility index (Phi) is 1.78. The van der Waals surface area contributed by atoms with E-state index < -0.39 is 0 Å². The van der Waals surface area contributed by atoms with Crippen LogP contribution in [-0.4, -0.2) is 7.85 Å². The molecule has 0 N–H and O–H groups in total. The van der Waals surface area contributed by atoms with Crippen LogP contribution in [-0.2, 0) is 0 Å². The largest absolute Gasteiger partial charge is 0.101 e. The van der Waals surface area contributed by atoms with Gasteiger partial charge < -0.3 is 0 Å². The molecular formula is C6H13B. The number of hydrogen-bond donors (Lipinski definition) is 0. The van der Waals surface area contributed by atoms with Gasteiger partial charge in [0.1, 0.15) is 7.85 Å². The fourth-order valence-electron chi connectivity index (χ4n) is 1.19. The van der Waals surface area contributed by atoms with Crippen LogP contribution in [0.3, 0.4) is 0 Å². The van der Waals surface area contributed by atoms with E-state index in [0.29, 0.717) is 0 Å². The summed E-state index contributed by atoms with van der Waals surface area (Å²) >= 11 is 0. The molecule has 1 aliphatic rings. The Morgan fingerprint density at radius 2 is 2.14 bits per heavy atom. The maximum absolute atomic E-state index is 2.28. The van der Waals surface area contributed by atoms with Crippen molar-refractivity contribution in [1.29, 1.82) is 0 Å². The van der Waals surface area contributed by atoms with Crippen molar-refractivity contribution in [3.8, 4) is 0 Å². The maximum atomic E-state index is 2.28. The Labute approximate surface area is 46.7 Å². The van der Waals surface area contributed by atoms with E-state index in [0.717, 1.165) is 5.92 Å². The summed E-state index contributed by atoms with van der Waals surface area (Å²) in [7, 11) is 2.28. The lowest BCUT2D eigenvalue weighted by atomic mass is 9.79. The smallest absolute Gasteiger partial charge is 0.0808 e. The van der Waals surface area contributed by atoms with Gasteiger partial charge in [-0.25, -0.2) is 0 Å². The van der Waals surface area contributed by atoms with Gasteiger partial charge in [-0.3, -0.25) is 0 Å². The summed E-state index contributed by atoms with van der Waals surface area (Å²) in [6, 6.07) is 0. The summed E-state index contributed by atoms with van der Waals surface area (Å²) < 4.78 is 0. The zero-order valence-corrected chi connectivity index (χ0v) is 5.11. The number of rotatable bonds is 2. The van der Waals surface area contributed by atoms with E-state index in [4.69, 9.17) is 0 Å². The minimum absolute atomic E-state index is 1.13. The van der Waals surface area contributed by atoms with Gasteiger partial charge >= 0.3 is 0 Å². The SMILES string of the molecule is BCCC1CCC1. The Hall–Kier alpha value is 0.0649. The molecule has 0 amide bonds. The third-order valence-electron chi connectivity index (χ3n) is 1.92. The molecule has 1 fully saturated rings. The molecule has 1 rings (SSSR count). The first-order valence-corrected chi connectivity index (χ1v) is 3.43. The Bertz CT molecular complexity index is 48.1. The van der Waals surface area contributed by atoms with E-state index in [1.807, 2.05) is 0 Å². The molecule has 1 aliphatic carbocycles. The van der Waals surface area contributed by atoms with Gasteiger partial charge in [-0.1, -0.05) is 32.0 Å². The lowest BCUT2D eigenvalue weighted by molar-refractivity contribution is 0.307. The predicted octanol–water partition coefficient (Wildman–Crippen LogP) is 1.23. The van der Waals surface area contributed by atoms with E-state index >= 15 is 0 Å². The molecule has 40 valence electrons. The molecule has 0 saturated heterocycles. The van der Waals surface area contributed by atoms with Crippen LogP contribution in [0.1, 0.15) is 25.7 Å². The second kappa shape index (κ2) is 2.39. The molecule has 0 aromatic carbocycles. The molecule has 1 heteroatoms. The first-order chi connectivity index (χ1) is 3.43. The van der Waals surface area contributed by atoms with Crippen LogP contribution in [0.5, 0.6) is 0 Å². The molecule has 0 bridgehead atoms. The monoisotopic (exact) mass is 96.1 g/mol. The highest BCUT2D eigenvalue weighted by Gasteiger charge is 2.14. The van der Waals surface area contributed by atoms with Crippen molar-refractivity contribution in [2.45, 2.75) is 32.0 Å². The summed E-state index contributed by atoms with van der Waals surface area (Å²) in [4.78, 5) is 0. The first-order valence-electron chi connectivity index (χ1n) is 3.43. The summed E-state index contributed by atoms with van der Waals surface area (Å²) in [6.45, 7) is 0. The third kappa shape index (κ3) is 1.22. The van der Waals surface area contributed by atoms with Crippen LogP contribution < -0.4 is 0 Å². The Morgan fingerprint density at radius 3 is 2.29 bits per heavy atom. The van der Waals surface area contributed by atoms with Gasteiger partial charge in [-0.2, -0.15) is 0 Å². The third-order valence-corrected chi connectivity index (χ3v) is 1.92. The van der Waals surface area contributed by atoms with Gasteiger partial charge in [0.15, 0.2) is 0 Å². The van der Waals surface area contributed by atoms with Gasteiger partial charge in [0.25, 0.3) is 0 Å². The minimum Gasteiger partial charge on any atom is -0.0808 e. The van der Waals surface area contributed by atoms with Crippen molar-refractivity contribution >= 4 is 7.85 Å². The summed E-state index contributed by atoms with van der Waals surface area (Å²) in [5.74, 6) is 1.13. The summed E-state index contributed by atoms with van der Waals surface area (Å²) in [6.07, 6.45) is 7.43. The van der Waals surface area contributed by atoms with Crippen molar-refractivity contribution < 1.29 is 0 Å². The molecule has 7 heavy (non-hydrogen) atoms. The molecule has 0 heterocycles. The molecule has 0 aromatic heterocycles. The zero-order valence-electron chi connectivity index (χ0n) is 5.11. The molecule has 0 radical (unpaired) electrons. The Morgan fingerprint density at radius 1 is 1.43 bits per heavy atom. The van der Waals surface area contributed by atoms with E-state index in [1.165, 1.54) is 32.0 Å². The number of hydrogen-bond acceptors (Lipinski definition) is 0. The first kappa shape index (κ1) is 5.21. The van der Waals surface area contributed by atoms with Crippen LogP contribution in [0.4, 0.5) is 0 Å². The average molecular weight is 96.0 g/mol. The Balaban J connectivity index is 1.93. The molecular weight excluding hydrogens is 82.9 g/mol. The second-order valence-corrected chi connectivity index (χ2v) is 2.59.